The summed E-state index contributed by atoms with van der Waals surface area (Å²) >= 11 is 0. The van der Waals surface area contributed by atoms with Crippen LogP contribution in [0.5, 0.6) is 0 Å². The highest BCUT2D eigenvalue weighted by atomic mass is 19.4. The van der Waals surface area contributed by atoms with Crippen molar-refractivity contribution in [3.05, 3.63) is 28.6 Å². The maximum absolute atomic E-state index is 13.2. The molecule has 1 N–H and O–H groups in total. The minimum absolute atomic E-state index is 0.0953. The Labute approximate surface area is 152 Å². The Morgan fingerprint density at radius 2 is 1.81 bits per heavy atom. The summed E-state index contributed by atoms with van der Waals surface area (Å²) in [5.74, 6) is 0.893. The van der Waals surface area contributed by atoms with Crippen molar-refractivity contribution in [3.63, 3.8) is 0 Å². The van der Waals surface area contributed by atoms with Gasteiger partial charge >= 0.3 is 6.18 Å². The topological polar surface area (TPSA) is 85.8 Å². The Balaban J connectivity index is 1.73. The van der Waals surface area contributed by atoms with Crippen LogP contribution >= 0.6 is 0 Å². The highest BCUT2D eigenvalue weighted by Crippen LogP contribution is 2.30. The molecule has 27 heavy (non-hydrogen) atoms. The number of hydrogen-bond donors (Lipinski definition) is 1. The molecule has 4 rings (SSSR count). The second kappa shape index (κ2) is 6.17. The van der Waals surface area contributed by atoms with E-state index in [0.29, 0.717) is 16.9 Å². The molecule has 1 aliphatic heterocycles. The smallest absolute Gasteiger partial charge is 0.359 e. The molecular weight excluding hydrogens is 361 g/mol. The monoisotopic (exact) mass is 380 g/mol. The first-order valence-electron chi connectivity index (χ1n) is 8.75. The van der Waals surface area contributed by atoms with Gasteiger partial charge in [-0.2, -0.15) is 17.7 Å². The highest BCUT2D eigenvalue weighted by molar-refractivity contribution is 5.58. The van der Waals surface area contributed by atoms with Crippen molar-refractivity contribution in [2.75, 3.05) is 5.32 Å². The Kier molecular flexibility index (Phi) is 4.04. The lowest BCUT2D eigenvalue weighted by molar-refractivity contribution is -0.146. The Morgan fingerprint density at radius 3 is 2.56 bits per heavy atom. The summed E-state index contributed by atoms with van der Waals surface area (Å²) in [7, 11) is 0. The van der Waals surface area contributed by atoms with Gasteiger partial charge in [-0.15, -0.1) is 25.5 Å². The number of aryl methyl sites for hydroxylation is 2. The first-order chi connectivity index (χ1) is 12.8. The van der Waals surface area contributed by atoms with Crippen molar-refractivity contribution in [1.82, 2.24) is 34.6 Å². The van der Waals surface area contributed by atoms with Gasteiger partial charge in [0.25, 0.3) is 5.82 Å². The van der Waals surface area contributed by atoms with E-state index in [1.54, 1.807) is 13.8 Å². The Hall–Kier alpha value is -2.72. The first-order valence-corrected chi connectivity index (χ1v) is 8.75. The lowest BCUT2D eigenvalue weighted by Crippen LogP contribution is -2.20. The molecule has 1 unspecified atom stereocenters. The van der Waals surface area contributed by atoms with Gasteiger partial charge in [-0.25, -0.2) is 0 Å². The van der Waals surface area contributed by atoms with Gasteiger partial charge in [-0.3, -0.25) is 0 Å². The van der Waals surface area contributed by atoms with Crippen LogP contribution < -0.4 is 5.32 Å². The van der Waals surface area contributed by atoms with Crippen LogP contribution in [-0.4, -0.2) is 34.6 Å². The van der Waals surface area contributed by atoms with Gasteiger partial charge in [0.1, 0.15) is 5.82 Å². The van der Waals surface area contributed by atoms with E-state index in [0.717, 1.165) is 42.0 Å². The lowest BCUT2D eigenvalue weighted by Gasteiger charge is -2.20. The Bertz CT molecular complexity index is 1000. The van der Waals surface area contributed by atoms with E-state index < -0.39 is 12.0 Å². The standard InChI is InChI=1S/C16H19F3N8/c1-8-9(2)13-22-24-15(16(17,18)19)27(13)25-12(8)20-10(3)14-23-21-11-6-4-5-7-26(11)14/h10H,4-7H2,1-3H3,(H,20,25). The molecule has 0 aromatic carbocycles. The van der Waals surface area contributed by atoms with Crippen molar-refractivity contribution in [3.8, 4) is 0 Å². The van der Waals surface area contributed by atoms with E-state index in [1.807, 2.05) is 6.92 Å². The molecule has 8 nitrogen and oxygen atoms in total. The molecule has 0 radical (unpaired) electrons. The van der Waals surface area contributed by atoms with Gasteiger partial charge in [0.15, 0.2) is 17.3 Å². The molecule has 0 amide bonds. The predicted octanol–water partition coefficient (Wildman–Crippen LogP) is 2.86. The maximum Gasteiger partial charge on any atom is 0.453 e. The number of hydrogen-bond acceptors (Lipinski definition) is 6. The highest BCUT2D eigenvalue weighted by Gasteiger charge is 2.38. The molecule has 0 bridgehead atoms. The third kappa shape index (κ3) is 2.90. The third-order valence-corrected chi connectivity index (χ3v) is 4.98. The van der Waals surface area contributed by atoms with Gasteiger partial charge < -0.3 is 9.88 Å². The number of aromatic nitrogens is 7. The number of alkyl halides is 3. The fraction of sp³-hybridized carbons (Fsp3) is 0.562. The molecule has 1 atom stereocenters. The third-order valence-electron chi connectivity index (χ3n) is 4.98. The van der Waals surface area contributed by atoms with E-state index in [2.05, 4.69) is 35.4 Å². The maximum atomic E-state index is 13.2. The average Bonchev–Trinajstić information content (AvgIpc) is 3.23. The second-order valence-electron chi connectivity index (χ2n) is 6.80. The summed E-state index contributed by atoms with van der Waals surface area (Å²) in [6, 6.07) is -0.266. The van der Waals surface area contributed by atoms with Gasteiger partial charge in [-0.1, -0.05) is 0 Å². The summed E-state index contributed by atoms with van der Waals surface area (Å²) in [6.45, 7) is 6.23. The van der Waals surface area contributed by atoms with Gasteiger partial charge in [0, 0.05) is 18.5 Å². The molecule has 0 spiro atoms. The molecule has 1 aliphatic rings. The predicted molar refractivity (Wildman–Crippen MR) is 90.3 cm³/mol. The fourth-order valence-electron chi connectivity index (χ4n) is 3.36. The SMILES string of the molecule is Cc1c(NC(C)c2nnc3n2CCCC3)nn2c(C(F)(F)F)nnc2c1C. The summed E-state index contributed by atoms with van der Waals surface area (Å²) < 4.78 is 42.4. The van der Waals surface area contributed by atoms with Gasteiger partial charge in [0.05, 0.1) is 6.04 Å². The van der Waals surface area contributed by atoms with Crippen LogP contribution in [0, 0.1) is 13.8 Å². The molecular formula is C16H19F3N8. The zero-order chi connectivity index (χ0) is 19.3. The van der Waals surface area contributed by atoms with E-state index >= 15 is 0 Å². The molecule has 4 heterocycles. The minimum Gasteiger partial charge on any atom is -0.359 e. The summed E-state index contributed by atoms with van der Waals surface area (Å²) in [6.07, 6.45) is -1.60. The number of nitrogens with one attached hydrogen (secondary N) is 1. The van der Waals surface area contributed by atoms with E-state index in [4.69, 9.17) is 0 Å². The van der Waals surface area contributed by atoms with Crippen LogP contribution in [-0.2, 0) is 19.1 Å². The van der Waals surface area contributed by atoms with E-state index in [-0.39, 0.29) is 11.7 Å². The van der Waals surface area contributed by atoms with E-state index in [1.165, 1.54) is 0 Å². The number of nitrogens with zero attached hydrogens (tertiary/aromatic N) is 7. The molecule has 0 fully saturated rings. The summed E-state index contributed by atoms with van der Waals surface area (Å²) in [5, 5.41) is 22.7. The van der Waals surface area contributed by atoms with Crippen LogP contribution in [0.1, 0.15) is 54.4 Å². The van der Waals surface area contributed by atoms with Crippen molar-refractivity contribution in [2.45, 2.75) is 58.8 Å². The number of rotatable bonds is 3. The largest absolute Gasteiger partial charge is 0.453 e. The van der Waals surface area contributed by atoms with Crippen LogP contribution in [0.4, 0.5) is 19.0 Å². The van der Waals surface area contributed by atoms with Gasteiger partial charge in [-0.05, 0) is 39.2 Å². The molecule has 3 aromatic rings. The zero-order valence-corrected chi connectivity index (χ0v) is 15.2. The van der Waals surface area contributed by atoms with Crippen LogP contribution in [0.3, 0.4) is 0 Å². The average molecular weight is 380 g/mol. The van der Waals surface area contributed by atoms with Crippen LogP contribution in [0.15, 0.2) is 0 Å². The van der Waals surface area contributed by atoms with Gasteiger partial charge in [0.2, 0.25) is 0 Å². The second-order valence-corrected chi connectivity index (χ2v) is 6.80. The number of anilines is 1. The van der Waals surface area contributed by atoms with Crippen molar-refractivity contribution >= 4 is 11.5 Å². The summed E-state index contributed by atoms with van der Waals surface area (Å²) in [5.41, 5.74) is 1.40. The normalized spacial score (nSPS) is 15.8. The quantitative estimate of drug-likeness (QED) is 0.752. The van der Waals surface area contributed by atoms with E-state index in [9.17, 15) is 13.2 Å². The van der Waals surface area contributed by atoms with Crippen LogP contribution in [0.25, 0.3) is 5.65 Å². The van der Waals surface area contributed by atoms with Crippen molar-refractivity contribution in [2.24, 2.45) is 0 Å². The molecule has 0 aliphatic carbocycles. The minimum atomic E-state index is -4.64. The molecule has 0 saturated heterocycles. The first kappa shape index (κ1) is 17.7. The lowest BCUT2D eigenvalue weighted by atomic mass is 10.1. The van der Waals surface area contributed by atoms with Crippen molar-refractivity contribution in [1.29, 1.82) is 0 Å². The zero-order valence-electron chi connectivity index (χ0n) is 15.2. The molecule has 3 aromatic heterocycles. The number of fused-ring (bicyclic) bond motifs is 2. The fourth-order valence-corrected chi connectivity index (χ4v) is 3.36. The Morgan fingerprint density at radius 1 is 1.04 bits per heavy atom. The number of halogens is 3. The molecule has 0 saturated carbocycles. The summed E-state index contributed by atoms with van der Waals surface area (Å²) in [4.78, 5) is 0. The molecule has 11 heteroatoms. The molecule has 144 valence electrons. The van der Waals surface area contributed by atoms with Crippen molar-refractivity contribution < 1.29 is 13.2 Å². The van der Waals surface area contributed by atoms with Crippen LogP contribution in [0.2, 0.25) is 0 Å².